The normalized spacial score (nSPS) is 17.9. The van der Waals surface area contributed by atoms with Crippen molar-refractivity contribution in [3.05, 3.63) is 30.2 Å². The maximum absolute atomic E-state index is 4.53. The lowest BCUT2D eigenvalue weighted by molar-refractivity contribution is 0.357. The molecule has 7 nitrogen and oxygen atoms in total. The van der Waals surface area contributed by atoms with Crippen LogP contribution in [-0.4, -0.2) is 36.3 Å². The Bertz CT molecular complexity index is 832. The number of nitrogens with one attached hydrogen (secondary N) is 1. The van der Waals surface area contributed by atoms with Crippen LogP contribution in [0.15, 0.2) is 18.6 Å². The molecule has 0 radical (unpaired) electrons. The summed E-state index contributed by atoms with van der Waals surface area (Å²) in [6, 6.07) is 2.41. The zero-order valence-corrected chi connectivity index (χ0v) is 13.7. The second-order valence-electron chi connectivity index (χ2n) is 6.63. The van der Waals surface area contributed by atoms with Gasteiger partial charge in [-0.05, 0) is 25.3 Å². The third-order valence-electron chi connectivity index (χ3n) is 4.44. The molecule has 1 atom stereocenters. The summed E-state index contributed by atoms with van der Waals surface area (Å²) < 4.78 is 2.30. The molecule has 23 heavy (non-hydrogen) atoms. The van der Waals surface area contributed by atoms with Gasteiger partial charge in [0.05, 0.1) is 18.0 Å². The first-order valence-corrected chi connectivity index (χ1v) is 8.07. The fraction of sp³-hybridized carbons (Fsp3) is 0.500. The Kier molecular flexibility index (Phi) is 3.28. The Balaban J connectivity index is 1.75. The quantitative estimate of drug-likeness (QED) is 0.804. The second-order valence-corrected chi connectivity index (χ2v) is 6.63. The van der Waals surface area contributed by atoms with E-state index in [2.05, 4.69) is 48.5 Å². The highest BCUT2D eigenvalue weighted by molar-refractivity contribution is 5.87. The first kappa shape index (κ1) is 14.2. The van der Waals surface area contributed by atoms with E-state index < -0.39 is 0 Å². The van der Waals surface area contributed by atoms with Gasteiger partial charge in [-0.15, -0.1) is 10.2 Å². The zero-order valence-electron chi connectivity index (χ0n) is 13.7. The average molecular weight is 311 g/mol. The molecular weight excluding hydrogens is 290 g/mol. The van der Waals surface area contributed by atoms with Crippen LogP contribution < -0.4 is 4.90 Å². The van der Waals surface area contributed by atoms with E-state index in [-0.39, 0.29) is 0 Å². The standard InChI is InChI=1S/C16H21N7/c1-10(2)6-12-7-22(8-14-21-20-11(3)23(12)14)16-13-4-5-17-15(13)18-9-19-16/h4-5,9-10,12H,6-8H2,1-3H3,(H,17,18,19)/t12-/m0/s1. The van der Waals surface area contributed by atoms with E-state index in [0.717, 1.165) is 48.0 Å². The van der Waals surface area contributed by atoms with E-state index >= 15 is 0 Å². The van der Waals surface area contributed by atoms with E-state index in [1.807, 2.05) is 19.2 Å². The molecule has 0 aromatic carbocycles. The number of fused-ring (bicyclic) bond motifs is 2. The third kappa shape index (κ3) is 2.36. The summed E-state index contributed by atoms with van der Waals surface area (Å²) in [6.45, 7) is 8.20. The van der Waals surface area contributed by atoms with Gasteiger partial charge in [-0.25, -0.2) is 9.97 Å². The van der Waals surface area contributed by atoms with Gasteiger partial charge >= 0.3 is 0 Å². The van der Waals surface area contributed by atoms with Crippen LogP contribution in [0.25, 0.3) is 11.0 Å². The van der Waals surface area contributed by atoms with Crippen molar-refractivity contribution >= 4 is 16.9 Å². The predicted molar refractivity (Wildman–Crippen MR) is 88.2 cm³/mol. The first-order valence-electron chi connectivity index (χ1n) is 8.07. The molecule has 1 N–H and O–H groups in total. The third-order valence-corrected chi connectivity index (χ3v) is 4.44. The lowest BCUT2D eigenvalue weighted by Gasteiger charge is -2.35. The molecule has 120 valence electrons. The van der Waals surface area contributed by atoms with E-state index in [1.54, 1.807) is 6.33 Å². The molecular formula is C16H21N7. The monoisotopic (exact) mass is 311 g/mol. The van der Waals surface area contributed by atoms with Crippen molar-refractivity contribution in [3.63, 3.8) is 0 Å². The number of rotatable bonds is 3. The maximum Gasteiger partial charge on any atom is 0.152 e. The van der Waals surface area contributed by atoms with Crippen molar-refractivity contribution in [2.24, 2.45) is 5.92 Å². The predicted octanol–water partition coefficient (Wildman–Crippen LogP) is 2.47. The summed E-state index contributed by atoms with van der Waals surface area (Å²) in [5, 5.41) is 9.72. The van der Waals surface area contributed by atoms with Gasteiger partial charge in [0.25, 0.3) is 0 Å². The topological polar surface area (TPSA) is 75.5 Å². The Labute approximate surface area is 134 Å². The molecule has 0 saturated carbocycles. The number of nitrogens with zero attached hydrogens (tertiary/aromatic N) is 6. The van der Waals surface area contributed by atoms with E-state index in [9.17, 15) is 0 Å². The van der Waals surface area contributed by atoms with Gasteiger partial charge < -0.3 is 14.5 Å². The number of hydrogen-bond acceptors (Lipinski definition) is 5. The number of aromatic nitrogens is 6. The van der Waals surface area contributed by atoms with Gasteiger partial charge in [0.1, 0.15) is 23.6 Å². The van der Waals surface area contributed by atoms with E-state index in [4.69, 9.17) is 0 Å². The summed E-state index contributed by atoms with van der Waals surface area (Å²) in [5.74, 6) is 3.60. The summed E-state index contributed by atoms with van der Waals surface area (Å²) >= 11 is 0. The minimum absolute atomic E-state index is 0.373. The lowest BCUT2D eigenvalue weighted by atomic mass is 10.0. The summed E-state index contributed by atoms with van der Waals surface area (Å²) in [6.07, 6.45) is 4.63. The van der Waals surface area contributed by atoms with Gasteiger partial charge in [0, 0.05) is 12.7 Å². The molecule has 3 aromatic rings. The van der Waals surface area contributed by atoms with Crippen LogP contribution in [0.3, 0.4) is 0 Å². The molecule has 1 aliphatic heterocycles. The second kappa shape index (κ2) is 5.33. The summed E-state index contributed by atoms with van der Waals surface area (Å²) in [4.78, 5) is 14.3. The van der Waals surface area contributed by atoms with Gasteiger partial charge in [-0.1, -0.05) is 13.8 Å². The van der Waals surface area contributed by atoms with Crippen molar-refractivity contribution in [2.45, 2.75) is 39.8 Å². The van der Waals surface area contributed by atoms with Crippen molar-refractivity contribution in [2.75, 3.05) is 11.4 Å². The molecule has 7 heteroatoms. The molecule has 0 saturated heterocycles. The highest BCUT2D eigenvalue weighted by Crippen LogP contribution is 2.31. The molecule has 4 rings (SSSR count). The Hall–Kier alpha value is -2.44. The largest absolute Gasteiger partial charge is 0.346 e. The Morgan fingerprint density at radius 1 is 1.30 bits per heavy atom. The van der Waals surface area contributed by atoms with E-state index in [1.165, 1.54) is 0 Å². The zero-order chi connectivity index (χ0) is 16.0. The molecule has 1 aliphatic rings. The van der Waals surface area contributed by atoms with Crippen molar-refractivity contribution in [1.29, 1.82) is 0 Å². The van der Waals surface area contributed by atoms with Crippen LogP contribution in [0.4, 0.5) is 5.82 Å². The number of H-pyrrole nitrogens is 1. The van der Waals surface area contributed by atoms with Gasteiger partial charge in [-0.3, -0.25) is 0 Å². The van der Waals surface area contributed by atoms with E-state index in [0.29, 0.717) is 12.0 Å². The smallest absolute Gasteiger partial charge is 0.152 e. The SMILES string of the molecule is Cc1nnc2n1[C@@H](CC(C)C)CN(c1ncnc3[nH]ccc13)C2. The Morgan fingerprint density at radius 3 is 3.00 bits per heavy atom. The summed E-state index contributed by atoms with van der Waals surface area (Å²) in [5.41, 5.74) is 0.874. The molecule has 4 heterocycles. The van der Waals surface area contributed by atoms with Crippen LogP contribution in [-0.2, 0) is 6.54 Å². The minimum Gasteiger partial charge on any atom is -0.346 e. The fourth-order valence-electron chi connectivity index (χ4n) is 3.56. The summed E-state index contributed by atoms with van der Waals surface area (Å²) in [7, 11) is 0. The molecule has 0 unspecified atom stereocenters. The maximum atomic E-state index is 4.53. The lowest BCUT2D eigenvalue weighted by Crippen LogP contribution is -2.39. The van der Waals surface area contributed by atoms with Crippen molar-refractivity contribution in [3.8, 4) is 0 Å². The number of aromatic amines is 1. The average Bonchev–Trinajstić information content (AvgIpc) is 3.13. The highest BCUT2D eigenvalue weighted by Gasteiger charge is 2.30. The van der Waals surface area contributed by atoms with Crippen LogP contribution in [0.5, 0.6) is 0 Å². The van der Waals surface area contributed by atoms with Crippen LogP contribution >= 0.6 is 0 Å². The van der Waals surface area contributed by atoms with Gasteiger partial charge in [0.2, 0.25) is 0 Å². The molecule has 0 fully saturated rings. The molecule has 0 spiro atoms. The number of aryl methyl sites for hydroxylation is 1. The van der Waals surface area contributed by atoms with Gasteiger partial charge in [0.15, 0.2) is 5.82 Å². The molecule has 0 aliphatic carbocycles. The van der Waals surface area contributed by atoms with Crippen molar-refractivity contribution in [1.82, 2.24) is 29.7 Å². The Morgan fingerprint density at radius 2 is 2.17 bits per heavy atom. The molecule has 3 aromatic heterocycles. The minimum atomic E-state index is 0.373. The van der Waals surface area contributed by atoms with Crippen molar-refractivity contribution < 1.29 is 0 Å². The van der Waals surface area contributed by atoms with Crippen LogP contribution in [0, 0.1) is 12.8 Å². The first-order chi connectivity index (χ1) is 11.1. The van der Waals surface area contributed by atoms with Crippen LogP contribution in [0.1, 0.15) is 38.0 Å². The highest BCUT2D eigenvalue weighted by atomic mass is 15.4. The fourth-order valence-corrected chi connectivity index (χ4v) is 3.56. The molecule has 0 bridgehead atoms. The number of hydrogen-bond donors (Lipinski definition) is 1. The van der Waals surface area contributed by atoms with Gasteiger partial charge in [-0.2, -0.15) is 0 Å². The number of anilines is 1. The molecule has 0 amide bonds. The van der Waals surface area contributed by atoms with Crippen LogP contribution in [0.2, 0.25) is 0 Å².